The number of aldehydes is 1. The van der Waals surface area contributed by atoms with Gasteiger partial charge in [0.15, 0.2) is 6.29 Å². The Morgan fingerprint density at radius 2 is 1.67 bits per heavy atom. The van der Waals surface area contributed by atoms with E-state index in [4.69, 9.17) is 34.8 Å². The molecule has 0 aliphatic heterocycles. The van der Waals surface area contributed by atoms with Gasteiger partial charge in [0.2, 0.25) is 0 Å². The lowest BCUT2D eigenvalue weighted by Gasteiger charge is -2.12. The van der Waals surface area contributed by atoms with Crippen LogP contribution in [0.3, 0.4) is 0 Å². The highest BCUT2D eigenvalue weighted by Crippen LogP contribution is 2.41. The van der Waals surface area contributed by atoms with E-state index < -0.39 is 22.3 Å². The van der Waals surface area contributed by atoms with Gasteiger partial charge in [0.1, 0.15) is 0 Å². The third kappa shape index (κ3) is 2.38. The van der Waals surface area contributed by atoms with E-state index in [9.17, 15) is 18.0 Å². The van der Waals surface area contributed by atoms with Crippen LogP contribution in [-0.4, -0.2) is 6.29 Å². The lowest BCUT2D eigenvalue weighted by atomic mass is 10.1. The van der Waals surface area contributed by atoms with Crippen molar-refractivity contribution < 1.29 is 18.0 Å². The maximum absolute atomic E-state index is 12.4. The second-order valence-corrected chi connectivity index (χ2v) is 3.73. The zero-order valence-electron chi connectivity index (χ0n) is 6.83. The quantitative estimate of drug-likeness (QED) is 0.546. The van der Waals surface area contributed by atoms with E-state index in [1.807, 2.05) is 0 Å². The van der Waals surface area contributed by atoms with Crippen molar-refractivity contribution in [2.24, 2.45) is 0 Å². The molecule has 1 nitrogen and oxygen atoms in total. The maximum Gasteiger partial charge on any atom is 0.417 e. The molecule has 15 heavy (non-hydrogen) atoms. The van der Waals surface area contributed by atoms with Gasteiger partial charge in [-0.05, 0) is 6.07 Å². The fourth-order valence-corrected chi connectivity index (χ4v) is 1.69. The summed E-state index contributed by atoms with van der Waals surface area (Å²) in [4.78, 5) is 10.5. The van der Waals surface area contributed by atoms with Gasteiger partial charge in [0, 0.05) is 0 Å². The molecule has 0 aliphatic carbocycles. The fourth-order valence-electron chi connectivity index (χ4n) is 0.933. The number of alkyl halides is 3. The Balaban J connectivity index is 3.58. The largest absolute Gasteiger partial charge is 0.417 e. The van der Waals surface area contributed by atoms with Crippen LogP contribution in [0.15, 0.2) is 6.07 Å². The molecule has 0 fully saturated rings. The van der Waals surface area contributed by atoms with E-state index in [2.05, 4.69) is 0 Å². The molecular formula is C8H2Cl3F3O. The number of hydrogen-bond acceptors (Lipinski definition) is 1. The van der Waals surface area contributed by atoms with Crippen molar-refractivity contribution in [3.8, 4) is 0 Å². The summed E-state index contributed by atoms with van der Waals surface area (Å²) in [6.07, 6.45) is -4.55. The Morgan fingerprint density at radius 1 is 1.13 bits per heavy atom. The second-order valence-electron chi connectivity index (χ2n) is 2.56. The SMILES string of the molecule is O=Cc1c(Cl)c(Cl)cc(C(F)(F)F)c1Cl. The Labute approximate surface area is 97.7 Å². The van der Waals surface area contributed by atoms with Gasteiger partial charge in [0.25, 0.3) is 0 Å². The standard InChI is InChI=1S/C8H2Cl3F3O/c9-5-1-4(8(12,13)14)6(10)3(2-15)7(5)11/h1-2H. The lowest BCUT2D eigenvalue weighted by Crippen LogP contribution is -2.07. The summed E-state index contributed by atoms with van der Waals surface area (Å²) in [6, 6.07) is 0.583. The van der Waals surface area contributed by atoms with Gasteiger partial charge in [0.05, 0.1) is 26.2 Å². The minimum absolute atomic E-state index is 0.131. The molecule has 82 valence electrons. The van der Waals surface area contributed by atoms with E-state index in [1.165, 1.54) is 0 Å². The number of halogens is 6. The van der Waals surface area contributed by atoms with Crippen LogP contribution < -0.4 is 0 Å². The van der Waals surface area contributed by atoms with Crippen molar-refractivity contribution in [1.29, 1.82) is 0 Å². The van der Waals surface area contributed by atoms with Crippen LogP contribution in [-0.2, 0) is 6.18 Å². The van der Waals surface area contributed by atoms with E-state index in [0.29, 0.717) is 6.07 Å². The highest BCUT2D eigenvalue weighted by Gasteiger charge is 2.35. The van der Waals surface area contributed by atoms with Gasteiger partial charge in [-0.15, -0.1) is 0 Å². The summed E-state index contributed by atoms with van der Waals surface area (Å²) in [6.45, 7) is 0. The van der Waals surface area contributed by atoms with Crippen molar-refractivity contribution in [2.75, 3.05) is 0 Å². The van der Waals surface area contributed by atoms with Crippen molar-refractivity contribution in [2.45, 2.75) is 6.18 Å². The predicted molar refractivity (Wildman–Crippen MR) is 51.9 cm³/mol. The number of benzene rings is 1. The van der Waals surface area contributed by atoms with Crippen molar-refractivity contribution >= 4 is 41.1 Å². The highest BCUT2D eigenvalue weighted by atomic mass is 35.5. The molecule has 0 unspecified atom stereocenters. The van der Waals surface area contributed by atoms with Gasteiger partial charge in [-0.3, -0.25) is 4.79 Å². The number of carbonyl (C=O) groups excluding carboxylic acids is 1. The Kier molecular flexibility index (Phi) is 3.53. The molecule has 0 N–H and O–H groups in total. The first-order valence-electron chi connectivity index (χ1n) is 3.49. The molecule has 0 spiro atoms. The third-order valence-corrected chi connectivity index (χ3v) is 2.82. The van der Waals surface area contributed by atoms with E-state index in [-0.39, 0.29) is 16.3 Å². The zero-order valence-corrected chi connectivity index (χ0v) is 9.10. The first-order valence-corrected chi connectivity index (χ1v) is 4.62. The molecule has 1 aromatic carbocycles. The summed E-state index contributed by atoms with van der Waals surface area (Å²) in [5, 5.41) is -1.40. The summed E-state index contributed by atoms with van der Waals surface area (Å²) < 4.78 is 37.1. The van der Waals surface area contributed by atoms with E-state index in [0.717, 1.165) is 0 Å². The van der Waals surface area contributed by atoms with Crippen LogP contribution >= 0.6 is 34.8 Å². The first-order chi connectivity index (χ1) is 6.79. The molecule has 1 rings (SSSR count). The average molecular weight is 277 g/mol. The molecule has 0 radical (unpaired) electrons. The molecule has 0 saturated carbocycles. The molecule has 0 amide bonds. The molecule has 0 heterocycles. The topological polar surface area (TPSA) is 17.1 Å². The normalized spacial score (nSPS) is 11.6. The summed E-state index contributed by atoms with van der Waals surface area (Å²) in [5.41, 5.74) is -1.64. The molecule has 0 atom stereocenters. The van der Waals surface area contributed by atoms with Gasteiger partial charge in [-0.25, -0.2) is 0 Å². The van der Waals surface area contributed by atoms with Crippen molar-refractivity contribution in [3.63, 3.8) is 0 Å². The molecule has 1 aromatic rings. The van der Waals surface area contributed by atoms with Gasteiger partial charge in [-0.2, -0.15) is 13.2 Å². The molecular weight excluding hydrogens is 275 g/mol. The van der Waals surface area contributed by atoms with Crippen LogP contribution in [0.2, 0.25) is 15.1 Å². The lowest BCUT2D eigenvalue weighted by molar-refractivity contribution is -0.137. The summed E-state index contributed by atoms with van der Waals surface area (Å²) in [7, 11) is 0. The minimum atomic E-state index is -4.68. The first kappa shape index (κ1) is 12.6. The van der Waals surface area contributed by atoms with Gasteiger partial charge >= 0.3 is 6.18 Å². The molecule has 0 aliphatic rings. The molecule has 0 bridgehead atoms. The fraction of sp³-hybridized carbons (Fsp3) is 0.125. The molecule has 7 heteroatoms. The Hall–Kier alpha value is -0.450. The Morgan fingerprint density at radius 3 is 2.07 bits per heavy atom. The van der Waals surface area contributed by atoms with Crippen molar-refractivity contribution in [3.05, 3.63) is 32.3 Å². The van der Waals surface area contributed by atoms with Crippen LogP contribution in [0, 0.1) is 0 Å². The van der Waals surface area contributed by atoms with Crippen molar-refractivity contribution in [1.82, 2.24) is 0 Å². The van der Waals surface area contributed by atoms with Crippen LogP contribution in [0.1, 0.15) is 15.9 Å². The minimum Gasteiger partial charge on any atom is -0.298 e. The van der Waals surface area contributed by atoms with Crippen LogP contribution in [0.4, 0.5) is 13.2 Å². The summed E-state index contributed by atoms with van der Waals surface area (Å²) in [5.74, 6) is 0. The van der Waals surface area contributed by atoms with E-state index >= 15 is 0 Å². The smallest absolute Gasteiger partial charge is 0.298 e. The Bertz CT molecular complexity index is 415. The second kappa shape index (κ2) is 4.20. The average Bonchev–Trinajstić information content (AvgIpc) is 2.10. The van der Waals surface area contributed by atoms with E-state index in [1.54, 1.807) is 0 Å². The number of carbonyl (C=O) groups is 1. The maximum atomic E-state index is 12.4. The molecule has 0 aromatic heterocycles. The monoisotopic (exact) mass is 276 g/mol. The third-order valence-electron chi connectivity index (χ3n) is 1.61. The molecule has 0 saturated heterocycles. The zero-order chi connectivity index (χ0) is 11.8. The number of hydrogen-bond donors (Lipinski definition) is 0. The number of rotatable bonds is 1. The van der Waals surface area contributed by atoms with Gasteiger partial charge < -0.3 is 0 Å². The van der Waals surface area contributed by atoms with Gasteiger partial charge in [-0.1, -0.05) is 34.8 Å². The summed E-state index contributed by atoms with van der Waals surface area (Å²) >= 11 is 16.3. The predicted octanol–water partition coefficient (Wildman–Crippen LogP) is 4.48. The van der Waals surface area contributed by atoms with Crippen LogP contribution in [0.5, 0.6) is 0 Å². The van der Waals surface area contributed by atoms with Crippen LogP contribution in [0.25, 0.3) is 0 Å². The highest BCUT2D eigenvalue weighted by molar-refractivity contribution is 6.45.